The van der Waals surface area contributed by atoms with Crippen LogP contribution < -0.4 is 10.2 Å². The van der Waals surface area contributed by atoms with Crippen molar-refractivity contribution in [1.29, 1.82) is 0 Å². The van der Waals surface area contributed by atoms with E-state index in [0.29, 0.717) is 23.7 Å². The van der Waals surface area contributed by atoms with Gasteiger partial charge in [0, 0.05) is 41.2 Å². The van der Waals surface area contributed by atoms with Gasteiger partial charge in [0.1, 0.15) is 0 Å². The zero-order valence-corrected chi connectivity index (χ0v) is 18.3. The number of benzene rings is 2. The van der Waals surface area contributed by atoms with E-state index in [-0.39, 0.29) is 18.9 Å². The summed E-state index contributed by atoms with van der Waals surface area (Å²) in [5, 5.41) is 14.8. The topological polar surface area (TPSA) is 82.5 Å². The predicted molar refractivity (Wildman–Crippen MR) is 125 cm³/mol. The number of hydrogen-bond acceptors (Lipinski definition) is 5. The summed E-state index contributed by atoms with van der Waals surface area (Å²) in [7, 11) is 0. The Morgan fingerprint density at radius 2 is 1.94 bits per heavy atom. The van der Waals surface area contributed by atoms with Crippen LogP contribution in [0.15, 0.2) is 66.6 Å². The van der Waals surface area contributed by atoms with Gasteiger partial charge < -0.3 is 15.3 Å². The van der Waals surface area contributed by atoms with Crippen molar-refractivity contribution in [3.8, 4) is 11.3 Å². The van der Waals surface area contributed by atoms with Crippen molar-refractivity contribution >= 4 is 39.9 Å². The lowest BCUT2D eigenvalue weighted by atomic mass is 10.1. The molecule has 0 radical (unpaired) electrons. The number of carboxylic acid groups (broad SMARTS) is 1. The fourth-order valence-electron chi connectivity index (χ4n) is 2.94. The minimum atomic E-state index is -0.946. The van der Waals surface area contributed by atoms with Crippen molar-refractivity contribution < 1.29 is 14.7 Å². The standard InChI is InChI=1S/C23H22ClN3O3S/c1-2-13-27(23-26-20(15-31-23)18-5-3-4-6-19(18)24)14-16-7-9-17(10-8-16)22(30)25-12-11-21(28)29/h2-10,15H,1,11-14H2,(H,25,30)(H,28,29). The molecule has 1 heterocycles. The molecule has 6 nitrogen and oxygen atoms in total. The molecule has 8 heteroatoms. The van der Waals surface area contributed by atoms with E-state index in [4.69, 9.17) is 21.7 Å². The predicted octanol–water partition coefficient (Wildman–Crippen LogP) is 4.86. The first-order valence-electron chi connectivity index (χ1n) is 9.63. The van der Waals surface area contributed by atoms with Gasteiger partial charge in [-0.3, -0.25) is 9.59 Å². The second-order valence-corrected chi connectivity index (χ2v) is 8.00. The number of amides is 1. The van der Waals surface area contributed by atoms with Crippen molar-refractivity contribution in [3.05, 3.63) is 82.7 Å². The Morgan fingerprint density at radius 1 is 1.19 bits per heavy atom. The van der Waals surface area contributed by atoms with Gasteiger partial charge in [-0.25, -0.2) is 4.98 Å². The number of thiazole rings is 1. The van der Waals surface area contributed by atoms with Crippen LogP contribution in [-0.2, 0) is 11.3 Å². The summed E-state index contributed by atoms with van der Waals surface area (Å²) in [5.74, 6) is -1.24. The molecule has 2 N–H and O–H groups in total. The van der Waals surface area contributed by atoms with Crippen LogP contribution >= 0.6 is 22.9 Å². The van der Waals surface area contributed by atoms with Gasteiger partial charge >= 0.3 is 5.97 Å². The van der Waals surface area contributed by atoms with Crippen LogP contribution in [0.2, 0.25) is 5.02 Å². The largest absolute Gasteiger partial charge is 0.481 e. The van der Waals surface area contributed by atoms with E-state index >= 15 is 0 Å². The average Bonchev–Trinajstić information content (AvgIpc) is 3.24. The minimum Gasteiger partial charge on any atom is -0.481 e. The molecule has 0 aliphatic heterocycles. The minimum absolute atomic E-state index is 0.0981. The lowest BCUT2D eigenvalue weighted by Gasteiger charge is -2.20. The SMILES string of the molecule is C=CCN(Cc1ccc(C(=O)NCCC(=O)O)cc1)c1nc(-c2ccccc2Cl)cs1. The van der Waals surface area contributed by atoms with Gasteiger partial charge in [0.2, 0.25) is 0 Å². The number of aliphatic carboxylic acids is 1. The van der Waals surface area contributed by atoms with Crippen molar-refractivity contribution in [2.75, 3.05) is 18.0 Å². The zero-order valence-electron chi connectivity index (χ0n) is 16.8. The number of carbonyl (C=O) groups excluding carboxylic acids is 1. The summed E-state index contributed by atoms with van der Waals surface area (Å²) in [5.41, 5.74) is 3.22. The van der Waals surface area contributed by atoms with Gasteiger partial charge in [-0.05, 0) is 23.8 Å². The maximum absolute atomic E-state index is 12.1. The van der Waals surface area contributed by atoms with Crippen LogP contribution in [0.5, 0.6) is 0 Å². The van der Waals surface area contributed by atoms with E-state index in [1.165, 1.54) is 11.3 Å². The molecule has 0 spiro atoms. The summed E-state index contributed by atoms with van der Waals surface area (Å²) in [6.45, 7) is 5.16. The molecule has 0 saturated carbocycles. The number of nitrogens with zero attached hydrogens (tertiary/aromatic N) is 2. The fourth-order valence-corrected chi connectivity index (χ4v) is 4.00. The number of carboxylic acids is 1. The number of anilines is 1. The normalized spacial score (nSPS) is 10.5. The quantitative estimate of drug-likeness (QED) is 0.426. The number of rotatable bonds is 10. The van der Waals surface area contributed by atoms with Gasteiger partial charge in [-0.2, -0.15) is 0 Å². The van der Waals surface area contributed by atoms with E-state index in [0.717, 1.165) is 22.0 Å². The van der Waals surface area contributed by atoms with E-state index in [1.807, 2.05) is 47.9 Å². The maximum atomic E-state index is 12.1. The first kappa shape index (κ1) is 22.5. The number of nitrogens with one attached hydrogen (secondary N) is 1. The van der Waals surface area contributed by atoms with Crippen LogP contribution in [0.3, 0.4) is 0 Å². The number of aromatic nitrogens is 1. The Morgan fingerprint density at radius 3 is 2.61 bits per heavy atom. The molecule has 0 fully saturated rings. The second-order valence-electron chi connectivity index (χ2n) is 6.76. The molecule has 160 valence electrons. The van der Waals surface area contributed by atoms with Crippen LogP contribution in [0.1, 0.15) is 22.3 Å². The molecule has 3 aromatic rings. The van der Waals surface area contributed by atoms with Gasteiger partial charge in [0.15, 0.2) is 5.13 Å². The van der Waals surface area contributed by atoms with Gasteiger partial charge in [0.05, 0.1) is 12.1 Å². The van der Waals surface area contributed by atoms with Crippen LogP contribution in [0.4, 0.5) is 5.13 Å². The molecule has 31 heavy (non-hydrogen) atoms. The summed E-state index contributed by atoms with van der Waals surface area (Å²) in [4.78, 5) is 29.5. The van der Waals surface area contributed by atoms with Crippen LogP contribution in [0.25, 0.3) is 11.3 Å². The highest BCUT2D eigenvalue weighted by molar-refractivity contribution is 7.14. The van der Waals surface area contributed by atoms with Crippen LogP contribution in [-0.4, -0.2) is 35.1 Å². The van der Waals surface area contributed by atoms with Gasteiger partial charge in [-0.15, -0.1) is 17.9 Å². The molecule has 0 atom stereocenters. The molecule has 0 saturated heterocycles. The Labute approximate surface area is 189 Å². The molecule has 1 amide bonds. The van der Waals surface area contributed by atoms with Gasteiger partial charge in [-0.1, -0.05) is 48.0 Å². The van der Waals surface area contributed by atoms with Crippen molar-refractivity contribution in [2.24, 2.45) is 0 Å². The second kappa shape index (κ2) is 10.7. The molecular formula is C23H22ClN3O3S. The summed E-state index contributed by atoms with van der Waals surface area (Å²) in [6, 6.07) is 14.8. The summed E-state index contributed by atoms with van der Waals surface area (Å²) < 4.78 is 0. The monoisotopic (exact) mass is 455 g/mol. The first-order chi connectivity index (χ1) is 15.0. The Kier molecular flexibility index (Phi) is 7.81. The molecule has 0 aliphatic rings. The molecular weight excluding hydrogens is 434 g/mol. The third-order valence-electron chi connectivity index (χ3n) is 4.48. The lowest BCUT2D eigenvalue weighted by Crippen LogP contribution is -2.26. The molecule has 0 unspecified atom stereocenters. The number of hydrogen-bond donors (Lipinski definition) is 2. The Hall–Kier alpha value is -3.16. The number of halogens is 1. The smallest absolute Gasteiger partial charge is 0.305 e. The van der Waals surface area contributed by atoms with Gasteiger partial charge in [0.25, 0.3) is 5.91 Å². The maximum Gasteiger partial charge on any atom is 0.305 e. The molecule has 1 aromatic heterocycles. The van der Waals surface area contributed by atoms with E-state index in [9.17, 15) is 9.59 Å². The molecule has 0 bridgehead atoms. The highest BCUT2D eigenvalue weighted by Gasteiger charge is 2.14. The third kappa shape index (κ3) is 6.16. The summed E-state index contributed by atoms with van der Waals surface area (Å²) >= 11 is 7.84. The Bertz CT molecular complexity index is 1070. The van der Waals surface area contributed by atoms with E-state index in [1.54, 1.807) is 12.1 Å². The van der Waals surface area contributed by atoms with Crippen LogP contribution in [0, 0.1) is 0 Å². The highest BCUT2D eigenvalue weighted by atomic mass is 35.5. The average molecular weight is 456 g/mol. The number of carbonyl (C=O) groups is 2. The highest BCUT2D eigenvalue weighted by Crippen LogP contribution is 2.32. The van der Waals surface area contributed by atoms with Crippen molar-refractivity contribution in [2.45, 2.75) is 13.0 Å². The molecule has 3 rings (SSSR count). The van der Waals surface area contributed by atoms with E-state index < -0.39 is 5.97 Å². The first-order valence-corrected chi connectivity index (χ1v) is 10.9. The molecule has 0 aliphatic carbocycles. The molecule has 2 aromatic carbocycles. The fraction of sp³-hybridized carbons (Fsp3) is 0.174. The lowest BCUT2D eigenvalue weighted by molar-refractivity contribution is -0.136. The van der Waals surface area contributed by atoms with Crippen molar-refractivity contribution in [3.63, 3.8) is 0 Å². The Balaban J connectivity index is 1.69. The zero-order chi connectivity index (χ0) is 22.2. The van der Waals surface area contributed by atoms with Crippen molar-refractivity contribution in [1.82, 2.24) is 10.3 Å². The third-order valence-corrected chi connectivity index (χ3v) is 5.71. The van der Waals surface area contributed by atoms with E-state index in [2.05, 4.69) is 16.8 Å². The summed E-state index contributed by atoms with van der Waals surface area (Å²) in [6.07, 6.45) is 1.71.